The quantitative estimate of drug-likeness (QED) is 0.318. The Morgan fingerprint density at radius 3 is 2.09 bits per heavy atom. The second-order valence-electron chi connectivity index (χ2n) is 8.61. The van der Waals surface area contributed by atoms with Crippen LogP contribution in [0, 0.1) is 0 Å². The van der Waals surface area contributed by atoms with Crippen LogP contribution in [-0.4, -0.2) is 26.6 Å². The van der Waals surface area contributed by atoms with Crippen molar-refractivity contribution in [3.63, 3.8) is 0 Å². The lowest BCUT2D eigenvalue weighted by atomic mass is 9.80. The van der Waals surface area contributed by atoms with Gasteiger partial charge in [-0.25, -0.2) is 13.8 Å². The molecule has 3 aromatic rings. The molecule has 0 aliphatic carbocycles. The number of hydrazone groups is 1. The van der Waals surface area contributed by atoms with Gasteiger partial charge in [-0.3, -0.25) is 9.10 Å². The van der Waals surface area contributed by atoms with Gasteiger partial charge < -0.3 is 0 Å². The highest BCUT2D eigenvalue weighted by atomic mass is 35.5. The third kappa shape index (κ3) is 6.46. The molecule has 0 atom stereocenters. The van der Waals surface area contributed by atoms with Crippen LogP contribution < -0.4 is 9.73 Å². The molecule has 0 unspecified atom stereocenters. The number of hydrogen-bond acceptors (Lipinski definition) is 4. The van der Waals surface area contributed by atoms with Crippen molar-refractivity contribution in [1.29, 1.82) is 0 Å². The van der Waals surface area contributed by atoms with Gasteiger partial charge in [0.25, 0.3) is 15.9 Å². The number of carbonyl (C=O) groups excluding carboxylic acids is 1. The molecule has 1 amide bonds. The molecule has 0 spiro atoms. The summed E-state index contributed by atoms with van der Waals surface area (Å²) in [6.07, 6.45) is 0.628. The molecule has 0 saturated carbocycles. The molecule has 6 nitrogen and oxygen atoms in total. The van der Waals surface area contributed by atoms with Crippen LogP contribution in [0.25, 0.3) is 0 Å². The van der Waals surface area contributed by atoms with Crippen molar-refractivity contribution >= 4 is 38.9 Å². The fourth-order valence-electron chi connectivity index (χ4n) is 3.64. The predicted molar refractivity (Wildman–Crippen MR) is 138 cm³/mol. The third-order valence-electron chi connectivity index (χ3n) is 5.36. The number of amides is 1. The largest absolute Gasteiger partial charge is 0.271 e. The second kappa shape index (κ2) is 10.8. The van der Waals surface area contributed by atoms with Gasteiger partial charge in [0.1, 0.15) is 6.54 Å². The van der Waals surface area contributed by atoms with E-state index in [4.69, 9.17) is 11.6 Å². The summed E-state index contributed by atoms with van der Waals surface area (Å²) in [5, 5.41) is 4.65. The molecule has 1 N–H and O–H groups in total. The number of benzene rings is 3. The highest BCUT2D eigenvalue weighted by molar-refractivity contribution is 7.92. The van der Waals surface area contributed by atoms with Crippen LogP contribution in [-0.2, 0) is 20.2 Å². The topological polar surface area (TPSA) is 78.8 Å². The van der Waals surface area contributed by atoms with E-state index in [1.54, 1.807) is 30.3 Å². The zero-order valence-corrected chi connectivity index (χ0v) is 21.0. The molecule has 0 aliphatic rings. The highest BCUT2D eigenvalue weighted by Crippen LogP contribution is 2.27. The van der Waals surface area contributed by atoms with E-state index in [1.165, 1.54) is 29.8 Å². The van der Waals surface area contributed by atoms with E-state index in [2.05, 4.69) is 36.5 Å². The Balaban J connectivity index is 1.76. The first-order chi connectivity index (χ1) is 16.1. The zero-order valence-electron chi connectivity index (χ0n) is 19.4. The minimum absolute atomic E-state index is 0.0397. The normalized spacial score (nSPS) is 12.3. The fraction of sp³-hybridized carbons (Fsp3) is 0.231. The molecule has 3 aromatic carbocycles. The first-order valence-corrected chi connectivity index (χ1v) is 12.6. The number of anilines is 1. The standard InChI is InChI=1S/C26H28ClN3O3S/c1-20(18-26(2,3)21-10-6-4-7-11-21)28-29-25(31)19-30(23-12-8-5-9-13-23)34(32,33)24-16-14-22(27)15-17-24/h4-17H,18-19H2,1-3H3,(H,29,31)/b28-20-. The van der Waals surface area contributed by atoms with E-state index in [0.717, 1.165) is 10.0 Å². The van der Waals surface area contributed by atoms with Gasteiger partial charge in [-0.2, -0.15) is 5.10 Å². The minimum Gasteiger partial charge on any atom is -0.271 e. The van der Waals surface area contributed by atoms with Crippen LogP contribution >= 0.6 is 11.6 Å². The summed E-state index contributed by atoms with van der Waals surface area (Å²) in [7, 11) is -4.00. The third-order valence-corrected chi connectivity index (χ3v) is 7.40. The molecule has 0 aliphatic heterocycles. The van der Waals surface area contributed by atoms with Crippen molar-refractivity contribution < 1.29 is 13.2 Å². The fourth-order valence-corrected chi connectivity index (χ4v) is 5.18. The van der Waals surface area contributed by atoms with E-state index in [0.29, 0.717) is 17.1 Å². The van der Waals surface area contributed by atoms with Gasteiger partial charge in [0.05, 0.1) is 10.6 Å². The van der Waals surface area contributed by atoms with Crippen LogP contribution in [0.15, 0.2) is 94.9 Å². The summed E-state index contributed by atoms with van der Waals surface area (Å²) in [6.45, 7) is 5.64. The first kappa shape index (κ1) is 25.5. The smallest absolute Gasteiger partial charge is 0.264 e. The number of nitrogens with one attached hydrogen (secondary N) is 1. The molecule has 0 aromatic heterocycles. The Hall–Kier alpha value is -3.16. The lowest BCUT2D eigenvalue weighted by Gasteiger charge is -2.25. The van der Waals surface area contributed by atoms with Crippen molar-refractivity contribution in [3.8, 4) is 0 Å². The Morgan fingerprint density at radius 1 is 0.941 bits per heavy atom. The summed E-state index contributed by atoms with van der Waals surface area (Å²) in [5.41, 5.74) is 4.61. The van der Waals surface area contributed by atoms with Gasteiger partial charge >= 0.3 is 0 Å². The molecule has 0 saturated heterocycles. The molecule has 0 heterocycles. The van der Waals surface area contributed by atoms with E-state index >= 15 is 0 Å². The maximum absolute atomic E-state index is 13.3. The summed E-state index contributed by atoms with van der Waals surface area (Å²) in [4.78, 5) is 12.8. The molecule has 0 bridgehead atoms. The average molecular weight is 498 g/mol. The number of rotatable bonds is 9. The molecule has 8 heteroatoms. The Morgan fingerprint density at radius 2 is 1.50 bits per heavy atom. The zero-order chi connectivity index (χ0) is 24.8. The van der Waals surface area contributed by atoms with Gasteiger partial charge in [-0.05, 0) is 60.7 Å². The Bertz CT molecular complexity index is 1240. The number of hydrogen-bond donors (Lipinski definition) is 1. The SMILES string of the molecule is C/C(CC(C)(C)c1ccccc1)=N/NC(=O)CN(c1ccccc1)S(=O)(=O)c1ccc(Cl)cc1. The van der Waals surface area contributed by atoms with Crippen LogP contribution in [0.3, 0.4) is 0 Å². The van der Waals surface area contributed by atoms with Gasteiger partial charge in [-0.1, -0.05) is 74.0 Å². The Kier molecular flexibility index (Phi) is 8.12. The number of nitrogens with zero attached hydrogens (tertiary/aromatic N) is 2. The molecular formula is C26H28ClN3O3S. The first-order valence-electron chi connectivity index (χ1n) is 10.8. The van der Waals surface area contributed by atoms with Crippen molar-refractivity contribution in [2.24, 2.45) is 5.10 Å². The maximum atomic E-state index is 13.3. The molecule has 3 rings (SSSR count). The van der Waals surface area contributed by atoms with E-state index < -0.39 is 22.5 Å². The van der Waals surface area contributed by atoms with Gasteiger partial charge in [-0.15, -0.1) is 0 Å². The van der Waals surface area contributed by atoms with Crippen LogP contribution in [0.4, 0.5) is 5.69 Å². The van der Waals surface area contributed by atoms with Crippen LogP contribution in [0.2, 0.25) is 5.02 Å². The van der Waals surface area contributed by atoms with E-state index in [9.17, 15) is 13.2 Å². The average Bonchev–Trinajstić information content (AvgIpc) is 2.82. The molecule has 0 radical (unpaired) electrons. The summed E-state index contributed by atoms with van der Waals surface area (Å²) >= 11 is 5.91. The molecule has 0 fully saturated rings. The number of sulfonamides is 1. The van der Waals surface area contributed by atoms with Gasteiger partial charge in [0.15, 0.2) is 0 Å². The van der Waals surface area contributed by atoms with Crippen LogP contribution in [0.1, 0.15) is 32.8 Å². The van der Waals surface area contributed by atoms with Crippen molar-refractivity contribution in [2.75, 3.05) is 10.8 Å². The van der Waals surface area contributed by atoms with E-state index in [-0.39, 0.29) is 10.3 Å². The summed E-state index contributed by atoms with van der Waals surface area (Å²) in [5.74, 6) is -0.543. The van der Waals surface area contributed by atoms with Gasteiger partial charge in [0.2, 0.25) is 0 Å². The second-order valence-corrected chi connectivity index (χ2v) is 10.9. The summed E-state index contributed by atoms with van der Waals surface area (Å²) < 4.78 is 27.7. The lowest BCUT2D eigenvalue weighted by Crippen LogP contribution is -2.39. The van der Waals surface area contributed by atoms with Gasteiger partial charge in [0, 0.05) is 10.7 Å². The maximum Gasteiger partial charge on any atom is 0.264 e. The molecule has 34 heavy (non-hydrogen) atoms. The molecule has 178 valence electrons. The number of halogens is 1. The Labute approximate surface area is 206 Å². The number of carbonyl (C=O) groups is 1. The number of para-hydroxylation sites is 1. The minimum atomic E-state index is -4.00. The van der Waals surface area contributed by atoms with Crippen molar-refractivity contribution in [3.05, 3.63) is 95.5 Å². The summed E-state index contributed by atoms with van der Waals surface area (Å²) in [6, 6.07) is 24.4. The monoisotopic (exact) mass is 497 g/mol. The van der Waals surface area contributed by atoms with Crippen LogP contribution in [0.5, 0.6) is 0 Å². The molecular weight excluding hydrogens is 470 g/mol. The highest BCUT2D eigenvalue weighted by Gasteiger charge is 2.27. The van der Waals surface area contributed by atoms with E-state index in [1.807, 2.05) is 25.1 Å². The van der Waals surface area contributed by atoms with Crippen molar-refractivity contribution in [1.82, 2.24) is 5.43 Å². The lowest BCUT2D eigenvalue weighted by molar-refractivity contribution is -0.119. The predicted octanol–water partition coefficient (Wildman–Crippen LogP) is 5.40. The van der Waals surface area contributed by atoms with Crippen molar-refractivity contribution in [2.45, 2.75) is 37.5 Å².